The van der Waals surface area contributed by atoms with Crippen LogP contribution in [0.2, 0.25) is 0 Å². The number of nitrogens with one attached hydrogen (secondary N) is 2. The Labute approximate surface area is 198 Å². The van der Waals surface area contributed by atoms with Crippen LogP contribution in [0.4, 0.5) is 5.69 Å². The topological polar surface area (TPSA) is 98.3 Å². The summed E-state index contributed by atoms with van der Waals surface area (Å²) in [5.74, 6) is 0.816. The minimum Gasteiger partial charge on any atom is -0.493 e. The third-order valence-electron chi connectivity index (χ3n) is 4.59. The van der Waals surface area contributed by atoms with Gasteiger partial charge in [-0.15, -0.1) is 0 Å². The summed E-state index contributed by atoms with van der Waals surface area (Å²) in [7, 11) is 1.52. The van der Waals surface area contributed by atoms with Crippen molar-refractivity contribution in [2.45, 2.75) is 13.3 Å². The van der Waals surface area contributed by atoms with Crippen LogP contribution in [0.25, 0.3) is 0 Å². The number of carbonyl (C=O) groups excluding carboxylic acids is 2. The van der Waals surface area contributed by atoms with Gasteiger partial charge in [0.1, 0.15) is 5.75 Å². The lowest BCUT2D eigenvalue weighted by Gasteiger charge is -2.11. The van der Waals surface area contributed by atoms with Crippen molar-refractivity contribution in [3.63, 3.8) is 0 Å². The molecule has 176 valence electrons. The normalized spacial score (nSPS) is 10.5. The fraction of sp³-hybridized carbons (Fsp3) is 0.192. The van der Waals surface area contributed by atoms with Crippen molar-refractivity contribution in [2.24, 2.45) is 5.10 Å². The molecule has 0 unspecified atom stereocenters. The van der Waals surface area contributed by atoms with Crippen LogP contribution in [-0.2, 0) is 4.79 Å². The summed E-state index contributed by atoms with van der Waals surface area (Å²) < 4.78 is 16.6. The van der Waals surface area contributed by atoms with Gasteiger partial charge in [0.15, 0.2) is 18.1 Å². The molecule has 0 fully saturated rings. The highest BCUT2D eigenvalue weighted by Crippen LogP contribution is 2.28. The minimum atomic E-state index is -0.405. The maximum Gasteiger partial charge on any atom is 0.271 e. The van der Waals surface area contributed by atoms with Crippen LogP contribution in [0.15, 0.2) is 77.9 Å². The molecule has 0 bridgehead atoms. The molecule has 0 aromatic heterocycles. The molecule has 0 radical (unpaired) electrons. The van der Waals surface area contributed by atoms with Crippen LogP contribution < -0.4 is 25.0 Å². The third-order valence-corrected chi connectivity index (χ3v) is 4.59. The Morgan fingerprint density at radius 3 is 2.44 bits per heavy atom. The predicted molar refractivity (Wildman–Crippen MR) is 131 cm³/mol. The van der Waals surface area contributed by atoms with Crippen LogP contribution in [0.3, 0.4) is 0 Å². The zero-order valence-electron chi connectivity index (χ0n) is 19.1. The van der Waals surface area contributed by atoms with E-state index in [1.807, 2.05) is 25.1 Å². The number of anilines is 1. The van der Waals surface area contributed by atoms with Gasteiger partial charge in [-0.2, -0.15) is 5.10 Å². The number of methoxy groups -OCH3 is 1. The van der Waals surface area contributed by atoms with Crippen LogP contribution in [-0.4, -0.2) is 38.4 Å². The van der Waals surface area contributed by atoms with Crippen molar-refractivity contribution in [3.05, 3.63) is 83.9 Å². The Bertz CT molecular complexity index is 1130. The lowest BCUT2D eigenvalue weighted by molar-refractivity contribution is -0.118. The van der Waals surface area contributed by atoms with E-state index in [1.165, 1.54) is 13.3 Å². The first-order valence-electron chi connectivity index (χ1n) is 10.8. The molecule has 34 heavy (non-hydrogen) atoms. The zero-order valence-corrected chi connectivity index (χ0v) is 19.1. The molecular formula is C26H27N3O5. The van der Waals surface area contributed by atoms with Gasteiger partial charge in [0.05, 0.1) is 19.9 Å². The lowest BCUT2D eigenvalue weighted by Crippen LogP contribution is -2.20. The van der Waals surface area contributed by atoms with E-state index in [1.54, 1.807) is 54.6 Å². The summed E-state index contributed by atoms with van der Waals surface area (Å²) in [5, 5.41) is 6.78. The molecular weight excluding hydrogens is 434 g/mol. The molecule has 0 aliphatic heterocycles. The van der Waals surface area contributed by atoms with Crippen molar-refractivity contribution in [2.75, 3.05) is 25.6 Å². The van der Waals surface area contributed by atoms with Crippen molar-refractivity contribution < 1.29 is 23.8 Å². The van der Waals surface area contributed by atoms with Gasteiger partial charge in [-0.1, -0.05) is 37.3 Å². The summed E-state index contributed by atoms with van der Waals surface area (Å²) in [6, 6.07) is 21.1. The third kappa shape index (κ3) is 7.09. The summed E-state index contributed by atoms with van der Waals surface area (Å²) >= 11 is 0. The number of hydrogen-bond acceptors (Lipinski definition) is 6. The average Bonchev–Trinajstić information content (AvgIpc) is 2.87. The van der Waals surface area contributed by atoms with E-state index in [0.717, 1.165) is 6.42 Å². The van der Waals surface area contributed by atoms with E-state index >= 15 is 0 Å². The monoisotopic (exact) mass is 461 g/mol. The highest BCUT2D eigenvalue weighted by Gasteiger charge is 2.11. The first-order valence-corrected chi connectivity index (χ1v) is 10.8. The van der Waals surface area contributed by atoms with Crippen LogP contribution in [0.1, 0.15) is 29.3 Å². The van der Waals surface area contributed by atoms with E-state index in [4.69, 9.17) is 14.2 Å². The molecule has 0 aliphatic rings. The summed E-state index contributed by atoms with van der Waals surface area (Å²) in [6.07, 6.45) is 2.32. The van der Waals surface area contributed by atoms with E-state index < -0.39 is 5.91 Å². The largest absolute Gasteiger partial charge is 0.493 e. The Kier molecular flexibility index (Phi) is 9.04. The highest BCUT2D eigenvalue weighted by atomic mass is 16.5. The molecule has 3 aromatic carbocycles. The van der Waals surface area contributed by atoms with Gasteiger partial charge < -0.3 is 19.5 Å². The molecule has 0 heterocycles. The Hall–Kier alpha value is -4.33. The molecule has 0 spiro atoms. The number of ether oxygens (including phenoxy) is 3. The number of carbonyl (C=O) groups is 2. The van der Waals surface area contributed by atoms with Gasteiger partial charge >= 0.3 is 0 Å². The van der Waals surface area contributed by atoms with Gasteiger partial charge in [0.2, 0.25) is 0 Å². The van der Waals surface area contributed by atoms with E-state index in [-0.39, 0.29) is 12.5 Å². The maximum atomic E-state index is 12.5. The number of nitrogens with zero attached hydrogens (tertiary/aromatic N) is 1. The van der Waals surface area contributed by atoms with Crippen LogP contribution in [0, 0.1) is 0 Å². The van der Waals surface area contributed by atoms with Gasteiger partial charge in [-0.3, -0.25) is 9.59 Å². The highest BCUT2D eigenvalue weighted by molar-refractivity contribution is 5.96. The van der Waals surface area contributed by atoms with Crippen molar-refractivity contribution in [1.29, 1.82) is 0 Å². The minimum absolute atomic E-state index is 0.168. The second kappa shape index (κ2) is 12.6. The number of hydrogen-bond donors (Lipinski definition) is 2. The fourth-order valence-electron chi connectivity index (χ4n) is 2.95. The van der Waals surface area contributed by atoms with E-state index in [2.05, 4.69) is 15.8 Å². The van der Waals surface area contributed by atoms with Gasteiger partial charge in [0.25, 0.3) is 11.8 Å². The number of benzene rings is 3. The van der Waals surface area contributed by atoms with Gasteiger partial charge in [-0.25, -0.2) is 5.43 Å². The molecule has 2 N–H and O–H groups in total. The lowest BCUT2D eigenvalue weighted by atomic mass is 10.2. The van der Waals surface area contributed by atoms with E-state index in [0.29, 0.717) is 40.7 Å². The molecule has 0 saturated carbocycles. The Morgan fingerprint density at radius 1 is 0.912 bits per heavy atom. The van der Waals surface area contributed by atoms with Crippen LogP contribution >= 0.6 is 0 Å². The van der Waals surface area contributed by atoms with Crippen LogP contribution in [0.5, 0.6) is 17.2 Å². The molecule has 2 amide bonds. The van der Waals surface area contributed by atoms with Crippen molar-refractivity contribution >= 4 is 23.7 Å². The zero-order chi connectivity index (χ0) is 24.2. The first-order chi connectivity index (χ1) is 16.6. The maximum absolute atomic E-state index is 12.5. The molecule has 3 rings (SSSR count). The molecule has 8 nitrogen and oxygen atoms in total. The predicted octanol–water partition coefficient (Wildman–Crippen LogP) is 4.27. The molecule has 0 saturated heterocycles. The molecule has 8 heteroatoms. The average molecular weight is 462 g/mol. The molecule has 0 atom stereocenters. The summed E-state index contributed by atoms with van der Waals surface area (Å²) in [4.78, 5) is 24.6. The SMILES string of the molecule is CCCOc1ccc(C(=O)N/N=C/c2ccccc2OCC(=O)Nc2ccccc2)cc1OC. The quantitative estimate of drug-likeness (QED) is 0.328. The number of para-hydroxylation sites is 2. The second-order valence-corrected chi connectivity index (χ2v) is 7.15. The number of rotatable bonds is 11. The second-order valence-electron chi connectivity index (χ2n) is 7.15. The fourth-order valence-corrected chi connectivity index (χ4v) is 2.95. The van der Waals surface area contributed by atoms with E-state index in [9.17, 15) is 9.59 Å². The van der Waals surface area contributed by atoms with Gasteiger partial charge in [0, 0.05) is 16.8 Å². The first kappa shape index (κ1) is 24.3. The number of hydrazone groups is 1. The van der Waals surface area contributed by atoms with Gasteiger partial charge in [-0.05, 0) is 48.9 Å². The Morgan fingerprint density at radius 2 is 1.68 bits per heavy atom. The number of amides is 2. The smallest absolute Gasteiger partial charge is 0.271 e. The summed E-state index contributed by atoms with van der Waals surface area (Å²) in [6.45, 7) is 2.40. The summed E-state index contributed by atoms with van der Waals surface area (Å²) in [5.41, 5.74) is 4.16. The molecule has 0 aliphatic carbocycles. The molecule has 3 aromatic rings. The Balaban J connectivity index is 1.58. The van der Waals surface area contributed by atoms with Crippen molar-refractivity contribution in [1.82, 2.24) is 5.43 Å². The standard InChI is InChI=1S/C26H27N3O5/c1-3-15-33-23-14-13-19(16-24(23)32-2)26(31)29-27-17-20-9-7-8-12-22(20)34-18-25(30)28-21-10-5-4-6-11-21/h4-14,16-17H,3,15,18H2,1-2H3,(H,28,30)(H,29,31)/b27-17+. The van der Waals surface area contributed by atoms with Crippen molar-refractivity contribution in [3.8, 4) is 17.2 Å².